The lowest BCUT2D eigenvalue weighted by molar-refractivity contribution is -0.138. The van der Waals surface area contributed by atoms with Crippen LogP contribution < -0.4 is 5.73 Å². The number of hydrogen-bond acceptors (Lipinski definition) is 5. The Morgan fingerprint density at radius 3 is 2.40 bits per heavy atom. The van der Waals surface area contributed by atoms with Crippen LogP contribution in [-0.4, -0.2) is 50.4 Å². The number of carboxylic acid groups (broad SMARTS) is 2. The minimum Gasteiger partial charge on any atom is -0.481 e. The highest BCUT2D eigenvalue weighted by atomic mass is 32.2. The van der Waals surface area contributed by atoms with Crippen molar-refractivity contribution in [1.82, 2.24) is 0 Å². The summed E-state index contributed by atoms with van der Waals surface area (Å²) in [5.41, 5.74) is 5.58. The van der Waals surface area contributed by atoms with Crippen molar-refractivity contribution in [3.63, 3.8) is 0 Å². The number of unbranched alkanes of at least 4 members (excludes halogenated alkanes) is 3. The van der Waals surface area contributed by atoms with Gasteiger partial charge in [-0.1, -0.05) is 74.8 Å². The maximum atomic E-state index is 10.9. The predicted octanol–water partition coefficient (Wildman–Crippen LogP) is 4.31. The molecule has 0 aromatic heterocycles. The van der Waals surface area contributed by atoms with Crippen molar-refractivity contribution in [2.45, 2.75) is 75.7 Å². The average Bonchev–Trinajstić information content (AvgIpc) is 2.70. The molecule has 6 nitrogen and oxygen atoms in total. The van der Waals surface area contributed by atoms with Gasteiger partial charge in [0.05, 0.1) is 6.10 Å². The quantitative estimate of drug-likeness (QED) is 0.143. The van der Waals surface area contributed by atoms with Gasteiger partial charge in [-0.05, 0) is 25.7 Å². The summed E-state index contributed by atoms with van der Waals surface area (Å²) in [4.78, 5) is 21.3. The van der Waals surface area contributed by atoms with Crippen LogP contribution in [0.3, 0.4) is 0 Å². The molecule has 0 spiro atoms. The fourth-order valence-corrected chi connectivity index (χ4v) is 3.60. The Morgan fingerprint density at radius 2 is 1.73 bits per heavy atom. The van der Waals surface area contributed by atoms with Gasteiger partial charge in [0.15, 0.2) is 0 Å². The van der Waals surface area contributed by atoms with Crippen LogP contribution in [0.2, 0.25) is 0 Å². The molecule has 0 aromatic carbocycles. The van der Waals surface area contributed by atoms with E-state index < -0.39 is 24.1 Å². The monoisotopic (exact) mass is 439 g/mol. The van der Waals surface area contributed by atoms with Crippen LogP contribution in [0.4, 0.5) is 0 Å². The van der Waals surface area contributed by atoms with Crippen LogP contribution >= 0.6 is 11.8 Å². The molecule has 0 fully saturated rings. The van der Waals surface area contributed by atoms with Gasteiger partial charge in [-0.3, -0.25) is 9.59 Å². The van der Waals surface area contributed by atoms with Crippen LogP contribution in [-0.2, 0) is 9.59 Å². The van der Waals surface area contributed by atoms with E-state index in [2.05, 4.69) is 6.92 Å². The number of aliphatic hydroxyl groups excluding tert-OH is 1. The molecule has 0 saturated heterocycles. The van der Waals surface area contributed by atoms with Gasteiger partial charge in [0.1, 0.15) is 6.04 Å². The van der Waals surface area contributed by atoms with E-state index in [9.17, 15) is 14.7 Å². The van der Waals surface area contributed by atoms with Crippen LogP contribution in [0.1, 0.15) is 58.3 Å². The zero-order valence-electron chi connectivity index (χ0n) is 17.9. The molecule has 0 aliphatic heterocycles. The molecular formula is C23H37NO5S. The molecule has 0 amide bonds. The number of hydrogen-bond donors (Lipinski definition) is 4. The number of aliphatic hydroxyl groups is 1. The van der Waals surface area contributed by atoms with Gasteiger partial charge in [0.2, 0.25) is 0 Å². The van der Waals surface area contributed by atoms with E-state index in [0.717, 1.165) is 32.1 Å². The molecule has 30 heavy (non-hydrogen) atoms. The second kappa shape index (κ2) is 19.2. The van der Waals surface area contributed by atoms with Gasteiger partial charge in [-0.25, -0.2) is 0 Å². The Bertz CT molecular complexity index is 586. The Balaban J connectivity index is 4.42. The first kappa shape index (κ1) is 28.2. The number of nitrogens with two attached hydrogens (primary N) is 1. The highest BCUT2D eigenvalue weighted by molar-refractivity contribution is 8.00. The molecule has 3 atom stereocenters. The van der Waals surface area contributed by atoms with Crippen LogP contribution in [0.25, 0.3) is 0 Å². The number of rotatable bonds is 18. The Labute approximate surface area is 184 Å². The van der Waals surface area contributed by atoms with Gasteiger partial charge in [-0.2, -0.15) is 0 Å². The molecule has 0 aliphatic carbocycles. The summed E-state index contributed by atoms with van der Waals surface area (Å²) in [6, 6.07) is -0.940. The third-order valence-corrected chi connectivity index (χ3v) is 5.65. The summed E-state index contributed by atoms with van der Waals surface area (Å²) < 4.78 is 0. The normalized spacial score (nSPS) is 15.4. The largest absolute Gasteiger partial charge is 0.481 e. The molecule has 1 unspecified atom stereocenters. The van der Waals surface area contributed by atoms with Crippen molar-refractivity contribution in [3.8, 4) is 0 Å². The Hall–Kier alpha value is -1.83. The van der Waals surface area contributed by atoms with Crippen molar-refractivity contribution >= 4 is 23.7 Å². The zero-order chi connectivity index (χ0) is 22.6. The maximum absolute atomic E-state index is 10.9. The topological polar surface area (TPSA) is 121 Å². The molecule has 5 N–H and O–H groups in total. The van der Waals surface area contributed by atoms with Crippen molar-refractivity contribution in [2.24, 2.45) is 5.73 Å². The van der Waals surface area contributed by atoms with E-state index in [1.54, 1.807) is 0 Å². The second-order valence-electron chi connectivity index (χ2n) is 7.00. The fraction of sp³-hybridized carbons (Fsp3) is 0.565. The lowest BCUT2D eigenvalue weighted by Crippen LogP contribution is -2.34. The van der Waals surface area contributed by atoms with E-state index in [0.29, 0.717) is 12.8 Å². The van der Waals surface area contributed by atoms with Crippen LogP contribution in [0, 0.1) is 0 Å². The third-order valence-electron chi connectivity index (χ3n) is 4.24. The number of carboxylic acids is 2. The summed E-state index contributed by atoms with van der Waals surface area (Å²) in [7, 11) is 0. The van der Waals surface area contributed by atoms with E-state index in [1.165, 1.54) is 11.8 Å². The standard InChI is InChI=1S/C23H37NO5S/c1-2-3-12-15-20(25)21(30-18-19(24)23(28)29)16-13-10-8-6-4-5-7-9-11-14-17-22(26)27/h4,6-10,13,16,19-21,25H,2-3,5,11-12,14-15,17-18,24H2,1H3,(H,26,27)(H,28,29)/b6-4-,9-7-,10-8+,16-13+/t19?,20-,21+/m0/s1. The number of thioether (sulfide) groups is 1. The van der Waals surface area contributed by atoms with Gasteiger partial charge in [0, 0.05) is 17.4 Å². The minimum absolute atomic E-state index is 0.198. The van der Waals surface area contributed by atoms with Gasteiger partial charge in [0.25, 0.3) is 0 Å². The molecule has 7 heteroatoms. The van der Waals surface area contributed by atoms with Crippen molar-refractivity contribution in [2.75, 3.05) is 5.75 Å². The molecule has 0 radical (unpaired) electrons. The number of allylic oxidation sites excluding steroid dienone is 7. The van der Waals surface area contributed by atoms with Crippen LogP contribution in [0.15, 0.2) is 48.6 Å². The molecule has 0 bridgehead atoms. The summed E-state index contributed by atoms with van der Waals surface area (Å²) in [6.07, 6.45) is 21.1. The molecule has 170 valence electrons. The smallest absolute Gasteiger partial charge is 0.321 e. The highest BCUT2D eigenvalue weighted by Gasteiger charge is 2.20. The Kier molecular flexibility index (Phi) is 18.0. The fourth-order valence-electron chi connectivity index (χ4n) is 2.47. The molecule has 0 heterocycles. The first-order chi connectivity index (χ1) is 14.4. The average molecular weight is 440 g/mol. The molecule has 0 aliphatic rings. The maximum Gasteiger partial charge on any atom is 0.321 e. The predicted molar refractivity (Wildman–Crippen MR) is 125 cm³/mol. The van der Waals surface area contributed by atoms with Crippen molar-refractivity contribution < 1.29 is 24.9 Å². The SMILES string of the molecule is CCCCC[C@H](O)[C@@H](/C=C/C=C/C=C\C/C=C\CCCC(=O)O)SCC(N)C(=O)O. The van der Waals surface area contributed by atoms with E-state index in [1.807, 2.05) is 48.6 Å². The highest BCUT2D eigenvalue weighted by Crippen LogP contribution is 2.21. The number of aliphatic carboxylic acids is 2. The third kappa shape index (κ3) is 17.1. The van der Waals surface area contributed by atoms with E-state index in [4.69, 9.17) is 15.9 Å². The summed E-state index contributed by atoms with van der Waals surface area (Å²) in [5.74, 6) is -1.55. The first-order valence-corrected chi connectivity index (χ1v) is 11.6. The lowest BCUT2D eigenvalue weighted by atomic mass is 10.1. The van der Waals surface area contributed by atoms with Gasteiger partial charge < -0.3 is 21.1 Å². The molecule has 0 rings (SSSR count). The first-order valence-electron chi connectivity index (χ1n) is 10.5. The van der Waals surface area contributed by atoms with Crippen LogP contribution in [0.5, 0.6) is 0 Å². The summed E-state index contributed by atoms with van der Waals surface area (Å²) in [5, 5.41) is 27.7. The van der Waals surface area contributed by atoms with Crippen molar-refractivity contribution in [1.29, 1.82) is 0 Å². The minimum atomic E-state index is -1.04. The molecular weight excluding hydrogens is 402 g/mol. The van der Waals surface area contributed by atoms with E-state index >= 15 is 0 Å². The van der Waals surface area contributed by atoms with Gasteiger partial charge >= 0.3 is 11.9 Å². The van der Waals surface area contributed by atoms with Gasteiger partial charge in [-0.15, -0.1) is 11.8 Å². The van der Waals surface area contributed by atoms with E-state index in [-0.39, 0.29) is 17.4 Å². The summed E-state index contributed by atoms with van der Waals surface area (Å²) in [6.45, 7) is 2.11. The molecule has 0 aromatic rings. The second-order valence-corrected chi connectivity index (χ2v) is 8.21. The Morgan fingerprint density at radius 1 is 1.00 bits per heavy atom. The number of carbonyl (C=O) groups is 2. The lowest BCUT2D eigenvalue weighted by Gasteiger charge is -2.20. The van der Waals surface area contributed by atoms with Crippen molar-refractivity contribution in [3.05, 3.63) is 48.6 Å². The summed E-state index contributed by atoms with van der Waals surface area (Å²) >= 11 is 1.37. The molecule has 0 saturated carbocycles. The zero-order valence-corrected chi connectivity index (χ0v) is 18.7.